The van der Waals surface area contributed by atoms with Crippen molar-refractivity contribution < 1.29 is 36.2 Å². The monoisotopic (exact) mass is 577 g/mol. The van der Waals surface area contributed by atoms with Crippen LogP contribution in [-0.2, 0) is 28.0 Å². The quantitative estimate of drug-likeness (QED) is 0.451. The Kier molecular flexibility index (Phi) is 11.4. The number of carboxylic acid groups (broad SMARTS) is 1. The molecule has 5 rings (SSSR count). The van der Waals surface area contributed by atoms with Crippen LogP contribution < -0.4 is 10.1 Å². The van der Waals surface area contributed by atoms with Gasteiger partial charge < -0.3 is 15.2 Å². The zero-order chi connectivity index (χ0) is 27.1. The van der Waals surface area contributed by atoms with Gasteiger partial charge >= 0.3 is 12.1 Å². The van der Waals surface area contributed by atoms with Crippen molar-refractivity contribution in [3.05, 3.63) is 65.9 Å². The van der Waals surface area contributed by atoms with Gasteiger partial charge in [-0.3, -0.25) is 4.90 Å². The summed E-state index contributed by atoms with van der Waals surface area (Å²) in [5.74, 6) is -2.17. The molecule has 0 aliphatic carbocycles. The van der Waals surface area contributed by atoms with Crippen LogP contribution in [0.25, 0.3) is 10.9 Å². The Bertz CT molecular complexity index is 1290. The first-order chi connectivity index (χ1) is 17.5. The molecule has 0 spiro atoms. The topological polar surface area (TPSA) is 101 Å². The number of likely N-dealkylation sites (tertiary alicyclic amines) is 1. The summed E-state index contributed by atoms with van der Waals surface area (Å²) in [5.41, 5.74) is 2.80. The standard InChI is InChI=1S/C20H22N2O3S.C3H7N.C2HF3O2.ClH/c1-26(23,24)22-13-10-18-17(14-21-11-5-12-21)8-9-19(20(18)22)25-15-16-6-3-2-4-7-16;1-2-4-3-1;3-2(4,5)1(6)7;/h2-4,6-10,13H,5,11-12,14-15H2,1H3;4H,1-3H2;(H,6,7);1H. The third-order valence-corrected chi connectivity index (χ3v) is 6.77. The van der Waals surface area contributed by atoms with E-state index in [0.717, 1.165) is 36.1 Å². The molecule has 38 heavy (non-hydrogen) atoms. The third kappa shape index (κ3) is 8.90. The van der Waals surface area contributed by atoms with Crippen LogP contribution in [0.3, 0.4) is 0 Å². The summed E-state index contributed by atoms with van der Waals surface area (Å²) in [7, 11) is -3.41. The van der Waals surface area contributed by atoms with Crippen LogP contribution in [0.15, 0.2) is 54.7 Å². The maximum Gasteiger partial charge on any atom is 0.490 e. The Morgan fingerprint density at radius 3 is 2.08 bits per heavy atom. The summed E-state index contributed by atoms with van der Waals surface area (Å²) in [6.07, 6.45) is 0.371. The first kappa shape index (κ1) is 31.4. The number of alkyl halides is 3. The van der Waals surface area contributed by atoms with E-state index in [2.05, 4.69) is 10.2 Å². The van der Waals surface area contributed by atoms with Gasteiger partial charge in [0.25, 0.3) is 0 Å². The SMILES string of the molecule is C1CNC1.CS(=O)(=O)n1ccc2c(CN3CCC3)ccc(OCc3ccccc3)c21.Cl.O=C(O)C(F)(F)F. The Hall–Kier alpha value is -2.80. The fraction of sp³-hybridized carbons (Fsp3) is 0.400. The summed E-state index contributed by atoms with van der Waals surface area (Å²) >= 11 is 0. The molecule has 3 aromatic rings. The van der Waals surface area contributed by atoms with Gasteiger partial charge in [0, 0.05) is 18.1 Å². The summed E-state index contributed by atoms with van der Waals surface area (Å²) in [6, 6.07) is 15.7. The molecule has 0 radical (unpaired) electrons. The predicted molar refractivity (Wildman–Crippen MR) is 141 cm³/mol. The number of nitrogens with one attached hydrogen (secondary N) is 1. The van der Waals surface area contributed by atoms with Gasteiger partial charge in [-0.1, -0.05) is 36.4 Å². The maximum atomic E-state index is 12.2. The first-order valence-corrected chi connectivity index (χ1v) is 13.5. The van der Waals surface area contributed by atoms with Gasteiger partial charge in [-0.25, -0.2) is 17.2 Å². The normalized spacial score (nSPS) is 14.9. The molecule has 0 saturated carbocycles. The van der Waals surface area contributed by atoms with Crippen LogP contribution in [0.5, 0.6) is 5.75 Å². The van der Waals surface area contributed by atoms with Gasteiger partial charge in [-0.2, -0.15) is 13.2 Å². The van der Waals surface area contributed by atoms with E-state index < -0.39 is 22.2 Å². The molecule has 0 unspecified atom stereocenters. The summed E-state index contributed by atoms with van der Waals surface area (Å²) in [4.78, 5) is 11.3. The third-order valence-electron chi connectivity index (χ3n) is 5.75. The molecule has 210 valence electrons. The highest BCUT2D eigenvalue weighted by molar-refractivity contribution is 7.89. The van der Waals surface area contributed by atoms with Gasteiger partial charge in [0.1, 0.15) is 17.9 Å². The van der Waals surface area contributed by atoms with E-state index in [1.165, 1.54) is 36.2 Å². The number of halogens is 4. The number of hydrogen-bond donors (Lipinski definition) is 2. The zero-order valence-electron chi connectivity index (χ0n) is 20.8. The second kappa shape index (κ2) is 13.8. The van der Waals surface area contributed by atoms with Gasteiger partial charge in [0.2, 0.25) is 10.0 Å². The number of rotatable bonds is 6. The number of aromatic nitrogens is 1. The van der Waals surface area contributed by atoms with Crippen LogP contribution in [0.1, 0.15) is 24.0 Å². The van der Waals surface area contributed by atoms with E-state index in [9.17, 15) is 21.6 Å². The van der Waals surface area contributed by atoms with Crippen molar-refractivity contribution in [1.29, 1.82) is 0 Å². The largest absolute Gasteiger partial charge is 0.490 e. The van der Waals surface area contributed by atoms with Crippen LogP contribution >= 0.6 is 12.4 Å². The average molecular weight is 578 g/mol. The average Bonchev–Trinajstić information content (AvgIpc) is 3.21. The summed E-state index contributed by atoms with van der Waals surface area (Å²) in [5, 5.41) is 11.2. The molecule has 2 N–H and O–H groups in total. The van der Waals surface area contributed by atoms with Crippen molar-refractivity contribution in [1.82, 2.24) is 14.2 Å². The zero-order valence-corrected chi connectivity index (χ0v) is 22.4. The number of carboxylic acids is 1. The minimum absolute atomic E-state index is 0. The number of hydrogen-bond acceptors (Lipinski definition) is 6. The maximum absolute atomic E-state index is 12.2. The molecule has 8 nitrogen and oxygen atoms in total. The van der Waals surface area contributed by atoms with Crippen molar-refractivity contribution in [2.24, 2.45) is 0 Å². The predicted octanol–water partition coefficient (Wildman–Crippen LogP) is 4.27. The second-order valence-corrected chi connectivity index (χ2v) is 10.5. The van der Waals surface area contributed by atoms with E-state index in [0.29, 0.717) is 17.9 Å². The van der Waals surface area contributed by atoms with E-state index in [4.69, 9.17) is 14.6 Å². The number of benzene rings is 2. The number of fused-ring (bicyclic) bond motifs is 1. The molecule has 0 amide bonds. The number of aliphatic carboxylic acids is 1. The molecule has 2 aliphatic heterocycles. The highest BCUT2D eigenvalue weighted by atomic mass is 35.5. The van der Waals surface area contributed by atoms with Gasteiger partial charge in [0.05, 0.1) is 6.26 Å². The highest BCUT2D eigenvalue weighted by Crippen LogP contribution is 2.32. The van der Waals surface area contributed by atoms with Gasteiger partial charge in [-0.05, 0) is 62.3 Å². The lowest BCUT2D eigenvalue weighted by atomic mass is 10.1. The Morgan fingerprint density at radius 2 is 1.63 bits per heavy atom. The molecule has 13 heteroatoms. The van der Waals surface area contributed by atoms with Gasteiger partial charge in [-0.15, -0.1) is 12.4 Å². The lowest BCUT2D eigenvalue weighted by Gasteiger charge is -2.31. The molecular formula is C25H31ClF3N3O5S. The van der Waals surface area contributed by atoms with E-state index in [-0.39, 0.29) is 12.4 Å². The smallest absolute Gasteiger partial charge is 0.487 e. The number of nitrogens with zero attached hydrogens (tertiary/aromatic N) is 2. The highest BCUT2D eigenvalue weighted by Gasteiger charge is 2.38. The van der Waals surface area contributed by atoms with E-state index in [1.807, 2.05) is 48.5 Å². The lowest BCUT2D eigenvalue weighted by molar-refractivity contribution is -0.192. The lowest BCUT2D eigenvalue weighted by Crippen LogP contribution is -2.36. The molecule has 3 heterocycles. The minimum Gasteiger partial charge on any atom is -0.487 e. The Balaban J connectivity index is 0.000000355. The van der Waals surface area contributed by atoms with Crippen LogP contribution in [0.4, 0.5) is 13.2 Å². The van der Waals surface area contributed by atoms with E-state index in [1.54, 1.807) is 6.20 Å². The molecule has 0 bridgehead atoms. The van der Waals surface area contributed by atoms with Crippen molar-refractivity contribution in [2.45, 2.75) is 32.2 Å². The van der Waals surface area contributed by atoms with Crippen LogP contribution in [0, 0.1) is 0 Å². The molecule has 2 aromatic carbocycles. The minimum atomic E-state index is -5.08. The molecule has 2 saturated heterocycles. The summed E-state index contributed by atoms with van der Waals surface area (Å²) < 4.78 is 63.5. The van der Waals surface area contributed by atoms with Crippen molar-refractivity contribution in [3.63, 3.8) is 0 Å². The summed E-state index contributed by atoms with van der Waals surface area (Å²) in [6.45, 7) is 5.93. The molecule has 2 fully saturated rings. The van der Waals surface area contributed by atoms with Crippen molar-refractivity contribution in [3.8, 4) is 5.75 Å². The van der Waals surface area contributed by atoms with Crippen molar-refractivity contribution in [2.75, 3.05) is 32.4 Å². The second-order valence-electron chi connectivity index (χ2n) is 8.67. The fourth-order valence-corrected chi connectivity index (χ4v) is 4.29. The molecule has 0 atom stereocenters. The van der Waals surface area contributed by atoms with Crippen LogP contribution in [0.2, 0.25) is 0 Å². The molecule has 2 aliphatic rings. The molecular weight excluding hydrogens is 547 g/mol. The number of carbonyl (C=O) groups is 1. The van der Waals surface area contributed by atoms with Gasteiger partial charge in [0.15, 0.2) is 0 Å². The molecule has 1 aromatic heterocycles. The first-order valence-electron chi connectivity index (χ1n) is 11.7. The van der Waals surface area contributed by atoms with E-state index >= 15 is 0 Å². The fourth-order valence-electron chi connectivity index (χ4n) is 3.48. The van der Waals surface area contributed by atoms with Crippen molar-refractivity contribution >= 4 is 39.3 Å². The Labute approximate surface area is 225 Å². The number of ether oxygens (including phenoxy) is 1. The Morgan fingerprint density at radius 1 is 1.05 bits per heavy atom. The van der Waals surface area contributed by atoms with Crippen LogP contribution in [-0.4, -0.2) is 67.0 Å².